The van der Waals surface area contributed by atoms with E-state index in [0.717, 1.165) is 25.7 Å². The Morgan fingerprint density at radius 1 is 1.50 bits per heavy atom. The molecule has 1 unspecified atom stereocenters. The highest BCUT2D eigenvalue weighted by Gasteiger charge is 2.50. The van der Waals surface area contributed by atoms with Crippen molar-refractivity contribution in [2.75, 3.05) is 6.54 Å². The third-order valence-electron chi connectivity index (χ3n) is 3.60. The highest BCUT2D eigenvalue weighted by Crippen LogP contribution is 2.34. The molecule has 2 amide bonds. The van der Waals surface area contributed by atoms with Gasteiger partial charge in [0.1, 0.15) is 11.6 Å². The predicted molar refractivity (Wildman–Crippen MR) is 59.3 cm³/mol. The Kier molecular flexibility index (Phi) is 2.63. The summed E-state index contributed by atoms with van der Waals surface area (Å²) in [4.78, 5) is 25.6. The summed E-state index contributed by atoms with van der Waals surface area (Å²) >= 11 is 0. The molecule has 0 radical (unpaired) electrons. The fourth-order valence-corrected chi connectivity index (χ4v) is 2.61. The molecular formula is C12H16N2O2. The number of terminal acetylenes is 1. The van der Waals surface area contributed by atoms with Crippen LogP contribution in [0.5, 0.6) is 0 Å². The van der Waals surface area contributed by atoms with E-state index in [1.165, 1.54) is 4.90 Å². The third-order valence-corrected chi connectivity index (χ3v) is 3.60. The summed E-state index contributed by atoms with van der Waals surface area (Å²) in [5, 5.41) is 2.88. The first kappa shape index (κ1) is 11.0. The molecule has 1 heterocycles. The summed E-state index contributed by atoms with van der Waals surface area (Å²) in [5.74, 6) is 2.36. The van der Waals surface area contributed by atoms with Gasteiger partial charge < -0.3 is 10.2 Å². The van der Waals surface area contributed by atoms with E-state index in [9.17, 15) is 9.59 Å². The van der Waals surface area contributed by atoms with E-state index in [4.69, 9.17) is 6.42 Å². The van der Waals surface area contributed by atoms with Gasteiger partial charge in [0.25, 0.3) is 0 Å². The van der Waals surface area contributed by atoms with Crippen LogP contribution in [-0.2, 0) is 9.59 Å². The second kappa shape index (κ2) is 3.82. The molecule has 4 nitrogen and oxygen atoms in total. The third kappa shape index (κ3) is 1.47. The number of rotatable bonds is 1. The molecule has 86 valence electrons. The van der Waals surface area contributed by atoms with E-state index >= 15 is 0 Å². The summed E-state index contributed by atoms with van der Waals surface area (Å²) in [6, 6.07) is -0.449. The maximum absolute atomic E-state index is 12.3. The molecule has 0 aromatic carbocycles. The standard InChI is InChI=1S/C12H16N2O2/c1-3-8-14-9(2)10(15)13-12(11(14)16)6-4-5-7-12/h1,9H,4-8H2,2H3,(H,13,15). The highest BCUT2D eigenvalue weighted by molar-refractivity contribution is 5.99. The Morgan fingerprint density at radius 3 is 2.69 bits per heavy atom. The Bertz CT molecular complexity index is 364. The molecule has 2 aliphatic rings. The number of piperazine rings is 1. The molecule has 1 saturated heterocycles. The van der Waals surface area contributed by atoms with Crippen molar-refractivity contribution >= 4 is 11.8 Å². The molecule has 1 spiro atoms. The molecule has 0 aromatic rings. The average Bonchev–Trinajstić information content (AvgIpc) is 2.71. The lowest BCUT2D eigenvalue weighted by atomic mass is 9.91. The summed E-state index contributed by atoms with van der Waals surface area (Å²) in [7, 11) is 0. The van der Waals surface area contributed by atoms with Gasteiger partial charge in [0.2, 0.25) is 11.8 Å². The minimum Gasteiger partial charge on any atom is -0.340 e. The second-order valence-corrected chi connectivity index (χ2v) is 4.59. The highest BCUT2D eigenvalue weighted by atomic mass is 16.2. The summed E-state index contributed by atoms with van der Waals surface area (Å²) in [5.41, 5.74) is -0.652. The fourth-order valence-electron chi connectivity index (χ4n) is 2.61. The monoisotopic (exact) mass is 220 g/mol. The first-order chi connectivity index (χ1) is 7.60. The minimum atomic E-state index is -0.652. The van der Waals surface area contributed by atoms with Crippen molar-refractivity contribution in [3.63, 3.8) is 0 Å². The van der Waals surface area contributed by atoms with Gasteiger partial charge >= 0.3 is 0 Å². The first-order valence-electron chi connectivity index (χ1n) is 5.67. The van der Waals surface area contributed by atoms with Crippen molar-refractivity contribution in [1.29, 1.82) is 0 Å². The normalized spacial score (nSPS) is 28.0. The van der Waals surface area contributed by atoms with Crippen LogP contribution < -0.4 is 5.32 Å². The van der Waals surface area contributed by atoms with Crippen LogP contribution in [0.15, 0.2) is 0 Å². The number of nitrogens with zero attached hydrogens (tertiary/aromatic N) is 1. The number of nitrogens with one attached hydrogen (secondary N) is 1. The molecule has 2 rings (SSSR count). The Morgan fingerprint density at radius 2 is 2.12 bits per heavy atom. The molecule has 1 N–H and O–H groups in total. The zero-order chi connectivity index (χ0) is 11.8. The van der Waals surface area contributed by atoms with Crippen LogP contribution in [0.4, 0.5) is 0 Å². The fraction of sp³-hybridized carbons (Fsp3) is 0.667. The van der Waals surface area contributed by atoms with Gasteiger partial charge in [0, 0.05) is 0 Å². The lowest BCUT2D eigenvalue weighted by Gasteiger charge is -2.42. The summed E-state index contributed by atoms with van der Waals surface area (Å²) in [6.07, 6.45) is 8.70. The number of carbonyl (C=O) groups excluding carboxylic acids is 2. The van der Waals surface area contributed by atoms with Crippen LogP contribution in [0.1, 0.15) is 32.6 Å². The van der Waals surface area contributed by atoms with Crippen LogP contribution in [-0.4, -0.2) is 34.8 Å². The van der Waals surface area contributed by atoms with Crippen molar-refractivity contribution in [1.82, 2.24) is 10.2 Å². The summed E-state index contributed by atoms with van der Waals surface area (Å²) in [6.45, 7) is 1.93. The molecule has 1 aliphatic heterocycles. The molecule has 1 atom stereocenters. The Hall–Kier alpha value is -1.50. The first-order valence-corrected chi connectivity index (χ1v) is 5.67. The van der Waals surface area contributed by atoms with Crippen molar-refractivity contribution in [2.24, 2.45) is 0 Å². The molecule has 4 heteroatoms. The smallest absolute Gasteiger partial charge is 0.249 e. The molecule has 16 heavy (non-hydrogen) atoms. The van der Waals surface area contributed by atoms with Gasteiger partial charge in [-0.1, -0.05) is 18.8 Å². The van der Waals surface area contributed by atoms with Gasteiger partial charge in [-0.2, -0.15) is 0 Å². The van der Waals surface area contributed by atoms with Gasteiger partial charge in [0.15, 0.2) is 0 Å². The van der Waals surface area contributed by atoms with E-state index in [-0.39, 0.29) is 18.4 Å². The van der Waals surface area contributed by atoms with Crippen LogP contribution >= 0.6 is 0 Å². The molecular weight excluding hydrogens is 204 g/mol. The zero-order valence-corrected chi connectivity index (χ0v) is 9.45. The van der Waals surface area contributed by atoms with E-state index in [0.29, 0.717) is 0 Å². The van der Waals surface area contributed by atoms with Crippen LogP contribution in [0.3, 0.4) is 0 Å². The van der Waals surface area contributed by atoms with Gasteiger partial charge in [-0.05, 0) is 19.8 Å². The predicted octanol–water partition coefficient (Wildman–Crippen LogP) is 0.279. The maximum atomic E-state index is 12.3. The van der Waals surface area contributed by atoms with E-state index < -0.39 is 11.6 Å². The van der Waals surface area contributed by atoms with Crippen LogP contribution in [0.2, 0.25) is 0 Å². The average molecular weight is 220 g/mol. The molecule has 0 bridgehead atoms. The van der Waals surface area contributed by atoms with Crippen molar-refractivity contribution in [3.05, 3.63) is 0 Å². The number of carbonyl (C=O) groups is 2. The van der Waals surface area contributed by atoms with Crippen molar-refractivity contribution in [2.45, 2.75) is 44.2 Å². The molecule has 1 aliphatic carbocycles. The Balaban J connectivity index is 2.28. The number of hydrogen-bond donors (Lipinski definition) is 1. The largest absolute Gasteiger partial charge is 0.340 e. The zero-order valence-electron chi connectivity index (χ0n) is 9.45. The molecule has 2 fully saturated rings. The van der Waals surface area contributed by atoms with Crippen molar-refractivity contribution in [3.8, 4) is 12.3 Å². The Labute approximate surface area is 95.4 Å². The van der Waals surface area contributed by atoms with Gasteiger partial charge in [-0.25, -0.2) is 0 Å². The lowest BCUT2D eigenvalue weighted by molar-refractivity contribution is -0.153. The number of hydrogen-bond acceptors (Lipinski definition) is 2. The maximum Gasteiger partial charge on any atom is 0.249 e. The SMILES string of the molecule is C#CCN1C(=O)C2(CCCC2)NC(=O)C1C. The van der Waals surface area contributed by atoms with Crippen LogP contribution in [0.25, 0.3) is 0 Å². The second-order valence-electron chi connectivity index (χ2n) is 4.59. The summed E-state index contributed by atoms with van der Waals surface area (Å²) < 4.78 is 0. The quantitative estimate of drug-likeness (QED) is 0.645. The minimum absolute atomic E-state index is 0.00458. The van der Waals surface area contributed by atoms with Gasteiger partial charge in [0.05, 0.1) is 6.54 Å². The van der Waals surface area contributed by atoms with E-state index in [1.54, 1.807) is 6.92 Å². The van der Waals surface area contributed by atoms with Crippen molar-refractivity contribution < 1.29 is 9.59 Å². The van der Waals surface area contributed by atoms with E-state index in [1.807, 2.05) is 0 Å². The lowest BCUT2D eigenvalue weighted by Crippen LogP contribution is -2.68. The number of amides is 2. The van der Waals surface area contributed by atoms with Crippen LogP contribution in [0, 0.1) is 12.3 Å². The molecule has 0 aromatic heterocycles. The van der Waals surface area contributed by atoms with Gasteiger partial charge in [-0.15, -0.1) is 6.42 Å². The topological polar surface area (TPSA) is 49.4 Å². The molecule has 1 saturated carbocycles. The van der Waals surface area contributed by atoms with E-state index in [2.05, 4.69) is 11.2 Å². The van der Waals surface area contributed by atoms with Gasteiger partial charge in [-0.3, -0.25) is 9.59 Å².